The van der Waals surface area contributed by atoms with Crippen LogP contribution in [0.2, 0.25) is 0 Å². The minimum Gasteiger partial charge on any atom is -0.494 e. The van der Waals surface area contributed by atoms with Gasteiger partial charge in [0.25, 0.3) is 0 Å². The molecule has 0 aliphatic rings. The van der Waals surface area contributed by atoms with Crippen molar-refractivity contribution in [3.8, 4) is 5.75 Å². The Kier molecular flexibility index (Phi) is 6.20. The maximum absolute atomic E-state index is 5.73. The summed E-state index contributed by atoms with van der Waals surface area (Å²) in [5.74, 6) is 2.32. The number of nitrogens with one attached hydrogen (secondary N) is 1. The lowest BCUT2D eigenvalue weighted by Gasteiger charge is -2.27. The molecule has 0 saturated carbocycles. The number of para-hydroxylation sites is 1. The normalized spacial score (nSPS) is 14.6. The predicted octanol–water partition coefficient (Wildman–Crippen LogP) is 4.03. The van der Waals surface area contributed by atoms with E-state index in [0.717, 1.165) is 11.7 Å². The fraction of sp³-hybridized carbons (Fsp3) is 0.625. The Morgan fingerprint density at radius 2 is 1.83 bits per heavy atom. The van der Waals surface area contributed by atoms with Crippen molar-refractivity contribution in [3.63, 3.8) is 0 Å². The van der Waals surface area contributed by atoms with Crippen LogP contribution in [0.3, 0.4) is 0 Å². The van der Waals surface area contributed by atoms with Crippen molar-refractivity contribution in [1.29, 1.82) is 0 Å². The third-order valence-electron chi connectivity index (χ3n) is 3.28. The summed E-state index contributed by atoms with van der Waals surface area (Å²) in [6, 6.07) is 8.71. The Bertz CT molecular complexity index is 349. The summed E-state index contributed by atoms with van der Waals surface area (Å²) in [5.41, 5.74) is 1.27. The molecular formula is C16H27NO. The van der Waals surface area contributed by atoms with Crippen LogP contribution in [0.25, 0.3) is 0 Å². The van der Waals surface area contributed by atoms with Crippen LogP contribution in [0.4, 0.5) is 0 Å². The summed E-state index contributed by atoms with van der Waals surface area (Å²) >= 11 is 0. The minimum absolute atomic E-state index is 0.357. The van der Waals surface area contributed by atoms with Crippen molar-refractivity contribution in [3.05, 3.63) is 29.8 Å². The third-order valence-corrected chi connectivity index (χ3v) is 3.28. The van der Waals surface area contributed by atoms with Crippen molar-refractivity contribution in [1.82, 2.24) is 5.32 Å². The van der Waals surface area contributed by atoms with Gasteiger partial charge < -0.3 is 10.1 Å². The average molecular weight is 249 g/mol. The van der Waals surface area contributed by atoms with Crippen LogP contribution in [0.5, 0.6) is 5.75 Å². The molecule has 2 atom stereocenters. The summed E-state index contributed by atoms with van der Waals surface area (Å²) in [5, 5.41) is 3.44. The van der Waals surface area contributed by atoms with Gasteiger partial charge >= 0.3 is 0 Å². The summed E-state index contributed by atoms with van der Waals surface area (Å²) in [6.07, 6.45) is 1.21. The van der Waals surface area contributed by atoms with Crippen molar-refractivity contribution in [2.45, 2.75) is 40.2 Å². The largest absolute Gasteiger partial charge is 0.494 e. The number of benzene rings is 1. The molecule has 0 amide bonds. The summed E-state index contributed by atoms with van der Waals surface area (Å²) in [4.78, 5) is 0. The highest BCUT2D eigenvalue weighted by molar-refractivity contribution is 5.36. The van der Waals surface area contributed by atoms with Crippen LogP contribution in [0.1, 0.15) is 45.7 Å². The summed E-state index contributed by atoms with van der Waals surface area (Å²) in [7, 11) is 2.03. The second kappa shape index (κ2) is 7.42. The zero-order chi connectivity index (χ0) is 13.5. The van der Waals surface area contributed by atoms with E-state index in [2.05, 4.69) is 44.3 Å². The van der Waals surface area contributed by atoms with Gasteiger partial charge in [0, 0.05) is 11.6 Å². The van der Waals surface area contributed by atoms with Crippen LogP contribution < -0.4 is 10.1 Å². The maximum atomic E-state index is 5.73. The van der Waals surface area contributed by atoms with E-state index >= 15 is 0 Å². The fourth-order valence-corrected chi connectivity index (χ4v) is 2.65. The number of ether oxygens (including phenoxy) is 1. The van der Waals surface area contributed by atoms with Gasteiger partial charge in [-0.2, -0.15) is 0 Å². The molecule has 1 rings (SSSR count). The SMILES string of the molecule is CCOc1ccccc1C(NC)C(C)CC(C)C. The van der Waals surface area contributed by atoms with Gasteiger partial charge in [-0.1, -0.05) is 39.0 Å². The molecule has 0 radical (unpaired) electrons. The highest BCUT2D eigenvalue weighted by Gasteiger charge is 2.21. The number of rotatable bonds is 7. The lowest BCUT2D eigenvalue weighted by atomic mass is 9.87. The minimum atomic E-state index is 0.357. The smallest absolute Gasteiger partial charge is 0.124 e. The Morgan fingerprint density at radius 1 is 1.17 bits per heavy atom. The van der Waals surface area contributed by atoms with Crippen LogP contribution in [-0.4, -0.2) is 13.7 Å². The molecule has 0 bridgehead atoms. The molecule has 1 aromatic carbocycles. The van der Waals surface area contributed by atoms with E-state index in [1.807, 2.05) is 20.0 Å². The molecule has 2 unspecified atom stereocenters. The van der Waals surface area contributed by atoms with E-state index in [0.29, 0.717) is 18.6 Å². The van der Waals surface area contributed by atoms with Crippen LogP contribution in [-0.2, 0) is 0 Å². The van der Waals surface area contributed by atoms with E-state index in [1.165, 1.54) is 12.0 Å². The van der Waals surface area contributed by atoms with Gasteiger partial charge in [0.15, 0.2) is 0 Å². The van der Waals surface area contributed by atoms with E-state index in [4.69, 9.17) is 4.74 Å². The van der Waals surface area contributed by atoms with Crippen molar-refractivity contribution >= 4 is 0 Å². The molecule has 18 heavy (non-hydrogen) atoms. The topological polar surface area (TPSA) is 21.3 Å². The molecule has 2 nitrogen and oxygen atoms in total. The molecule has 0 saturated heterocycles. The molecule has 1 N–H and O–H groups in total. The molecule has 1 aromatic rings. The zero-order valence-electron chi connectivity index (χ0n) is 12.4. The first-order valence-corrected chi connectivity index (χ1v) is 6.99. The molecular weight excluding hydrogens is 222 g/mol. The number of hydrogen-bond acceptors (Lipinski definition) is 2. The Balaban J connectivity index is 2.93. The molecule has 2 heteroatoms. The van der Waals surface area contributed by atoms with Gasteiger partial charge in [-0.25, -0.2) is 0 Å². The van der Waals surface area contributed by atoms with Gasteiger partial charge in [0.1, 0.15) is 5.75 Å². The van der Waals surface area contributed by atoms with Crippen molar-refractivity contribution in [2.75, 3.05) is 13.7 Å². The zero-order valence-corrected chi connectivity index (χ0v) is 12.4. The average Bonchev–Trinajstić information content (AvgIpc) is 2.31. The van der Waals surface area contributed by atoms with Gasteiger partial charge in [-0.05, 0) is 38.3 Å². The van der Waals surface area contributed by atoms with E-state index in [1.54, 1.807) is 0 Å². The summed E-state index contributed by atoms with van der Waals surface area (Å²) < 4.78 is 5.73. The second-order valence-corrected chi connectivity index (χ2v) is 5.34. The van der Waals surface area contributed by atoms with Crippen LogP contribution in [0, 0.1) is 11.8 Å². The quantitative estimate of drug-likeness (QED) is 0.788. The molecule has 0 aromatic heterocycles. The van der Waals surface area contributed by atoms with E-state index < -0.39 is 0 Å². The fourth-order valence-electron chi connectivity index (χ4n) is 2.65. The molecule has 102 valence electrons. The first-order valence-electron chi connectivity index (χ1n) is 6.99. The van der Waals surface area contributed by atoms with Crippen LogP contribution >= 0.6 is 0 Å². The highest BCUT2D eigenvalue weighted by atomic mass is 16.5. The lowest BCUT2D eigenvalue weighted by molar-refractivity contribution is 0.308. The van der Waals surface area contributed by atoms with Gasteiger partial charge in [0.2, 0.25) is 0 Å². The van der Waals surface area contributed by atoms with Gasteiger partial charge in [0.05, 0.1) is 6.61 Å². The Labute approximate surface area is 112 Å². The third kappa shape index (κ3) is 4.02. The van der Waals surface area contributed by atoms with Crippen molar-refractivity contribution in [2.24, 2.45) is 11.8 Å². The van der Waals surface area contributed by atoms with Gasteiger partial charge in [-0.3, -0.25) is 0 Å². The monoisotopic (exact) mass is 249 g/mol. The van der Waals surface area contributed by atoms with Crippen molar-refractivity contribution < 1.29 is 4.74 Å². The Hall–Kier alpha value is -1.02. The van der Waals surface area contributed by atoms with E-state index in [-0.39, 0.29) is 0 Å². The van der Waals surface area contributed by atoms with Crippen LogP contribution in [0.15, 0.2) is 24.3 Å². The molecule has 0 heterocycles. The number of hydrogen-bond donors (Lipinski definition) is 1. The highest BCUT2D eigenvalue weighted by Crippen LogP contribution is 2.32. The van der Waals surface area contributed by atoms with Gasteiger partial charge in [-0.15, -0.1) is 0 Å². The maximum Gasteiger partial charge on any atom is 0.124 e. The molecule has 0 fully saturated rings. The lowest BCUT2D eigenvalue weighted by Crippen LogP contribution is -2.25. The molecule has 0 aliphatic carbocycles. The first-order chi connectivity index (χ1) is 8.60. The Morgan fingerprint density at radius 3 is 2.39 bits per heavy atom. The standard InChI is InChI=1S/C16H27NO/c1-6-18-15-10-8-7-9-14(15)16(17-5)13(4)11-12(2)3/h7-10,12-13,16-17H,6,11H2,1-5H3. The van der Waals surface area contributed by atoms with E-state index in [9.17, 15) is 0 Å². The molecule has 0 aliphatic heterocycles. The second-order valence-electron chi connectivity index (χ2n) is 5.34. The summed E-state index contributed by atoms with van der Waals surface area (Å²) in [6.45, 7) is 9.61. The molecule has 0 spiro atoms. The first kappa shape index (κ1) is 15.0. The predicted molar refractivity (Wildman–Crippen MR) is 78.0 cm³/mol.